The molecule has 1 saturated heterocycles. The lowest BCUT2D eigenvalue weighted by Crippen LogP contribution is -2.50. The molecule has 9 nitrogen and oxygen atoms in total. The number of benzene rings is 1. The van der Waals surface area contributed by atoms with Crippen LogP contribution in [0.25, 0.3) is 0 Å². The molecular weight excluding hydrogens is 428 g/mol. The van der Waals surface area contributed by atoms with E-state index in [9.17, 15) is 13.2 Å². The average Bonchev–Trinajstić information content (AvgIpc) is 2.75. The molecule has 2 atom stereocenters. The molecular formula is C22H36N6O3S. The molecule has 2 unspecified atom stereocenters. The summed E-state index contributed by atoms with van der Waals surface area (Å²) in [7, 11) is -3.91. The first-order chi connectivity index (χ1) is 15.2. The Labute approximate surface area is 191 Å². The van der Waals surface area contributed by atoms with Crippen molar-refractivity contribution in [3.63, 3.8) is 0 Å². The van der Waals surface area contributed by atoms with Crippen LogP contribution in [0.5, 0.6) is 0 Å². The molecule has 0 radical (unpaired) electrons. The van der Waals surface area contributed by atoms with Gasteiger partial charge in [-0.15, -0.1) is 0 Å². The molecule has 178 valence electrons. The molecule has 2 aliphatic heterocycles. The Balaban J connectivity index is 1.80. The molecule has 1 aromatic rings. The highest BCUT2D eigenvalue weighted by atomic mass is 32.2. The van der Waals surface area contributed by atoms with Gasteiger partial charge < -0.3 is 21.7 Å². The molecule has 0 aliphatic carbocycles. The molecule has 10 heteroatoms. The van der Waals surface area contributed by atoms with Gasteiger partial charge in [0.1, 0.15) is 10.9 Å². The fourth-order valence-electron chi connectivity index (χ4n) is 4.33. The smallest absolute Gasteiger partial charge is 0.243 e. The molecule has 1 amide bonds. The molecule has 2 aliphatic rings. The van der Waals surface area contributed by atoms with Crippen molar-refractivity contribution in [1.29, 1.82) is 0 Å². The lowest BCUT2D eigenvalue weighted by atomic mass is 9.96. The van der Waals surface area contributed by atoms with Gasteiger partial charge in [0.05, 0.1) is 5.69 Å². The molecule has 0 saturated carbocycles. The van der Waals surface area contributed by atoms with Crippen LogP contribution in [0.4, 0.5) is 5.69 Å². The maximum atomic E-state index is 13.4. The highest BCUT2D eigenvalue weighted by Gasteiger charge is 2.32. The van der Waals surface area contributed by atoms with E-state index in [1.807, 2.05) is 6.07 Å². The summed E-state index contributed by atoms with van der Waals surface area (Å²) < 4.78 is 29.5. The number of nitrogens with one attached hydrogen (secondary N) is 2. The number of fused-ring (bicyclic) bond motifs is 1. The Morgan fingerprint density at radius 3 is 2.66 bits per heavy atom. The van der Waals surface area contributed by atoms with Crippen molar-refractivity contribution >= 4 is 27.6 Å². The third kappa shape index (κ3) is 6.13. The number of likely N-dealkylation sites (tertiary alicyclic amines) is 1. The van der Waals surface area contributed by atoms with Gasteiger partial charge in [0.2, 0.25) is 15.9 Å². The van der Waals surface area contributed by atoms with E-state index in [4.69, 9.17) is 11.5 Å². The number of hydrogen-bond donors (Lipinski definition) is 4. The number of nitrogens with two attached hydrogens (primary N) is 2. The van der Waals surface area contributed by atoms with Crippen LogP contribution < -0.4 is 21.5 Å². The van der Waals surface area contributed by atoms with Crippen LogP contribution >= 0.6 is 0 Å². The summed E-state index contributed by atoms with van der Waals surface area (Å²) in [6.07, 6.45) is 3.48. The molecule has 3 rings (SSSR count). The SMILES string of the molecule is CC1CCN(C(=O)C(CCCN=C(N)N)NS(=O)(=O)c2cccc3c2NCC(C)C3)CC1. The number of hydrogen-bond acceptors (Lipinski definition) is 5. The third-order valence-corrected chi connectivity index (χ3v) is 7.75. The van der Waals surface area contributed by atoms with E-state index < -0.39 is 16.1 Å². The number of rotatable bonds is 8. The van der Waals surface area contributed by atoms with Crippen LogP contribution in [0.2, 0.25) is 0 Å². The summed E-state index contributed by atoms with van der Waals surface area (Å²) in [5, 5.41) is 3.26. The Kier molecular flexibility index (Phi) is 8.00. The van der Waals surface area contributed by atoms with E-state index >= 15 is 0 Å². The number of sulfonamides is 1. The first kappa shape index (κ1) is 24.3. The number of amides is 1. The number of carbonyl (C=O) groups is 1. The van der Waals surface area contributed by atoms with Crippen molar-refractivity contribution in [2.75, 3.05) is 31.5 Å². The average molecular weight is 465 g/mol. The number of para-hydroxylation sites is 1. The Morgan fingerprint density at radius 2 is 1.97 bits per heavy atom. The van der Waals surface area contributed by atoms with Crippen molar-refractivity contribution in [3.05, 3.63) is 23.8 Å². The van der Waals surface area contributed by atoms with Crippen molar-refractivity contribution in [2.24, 2.45) is 28.3 Å². The highest BCUT2D eigenvalue weighted by molar-refractivity contribution is 7.89. The predicted molar refractivity (Wildman–Crippen MR) is 127 cm³/mol. The highest BCUT2D eigenvalue weighted by Crippen LogP contribution is 2.31. The monoisotopic (exact) mass is 464 g/mol. The Hall–Kier alpha value is -2.33. The topological polar surface area (TPSA) is 143 Å². The Bertz CT molecular complexity index is 937. The number of anilines is 1. The number of guanidine groups is 1. The zero-order valence-electron chi connectivity index (χ0n) is 19.0. The first-order valence-corrected chi connectivity index (χ1v) is 12.9. The lowest BCUT2D eigenvalue weighted by Gasteiger charge is -2.33. The van der Waals surface area contributed by atoms with Crippen molar-refractivity contribution in [1.82, 2.24) is 9.62 Å². The van der Waals surface area contributed by atoms with Crippen LogP contribution in [-0.2, 0) is 21.2 Å². The van der Waals surface area contributed by atoms with Crippen LogP contribution in [-0.4, -0.2) is 57.4 Å². The number of nitrogens with zero attached hydrogens (tertiary/aromatic N) is 2. The molecule has 1 fully saturated rings. The zero-order valence-corrected chi connectivity index (χ0v) is 19.8. The minimum absolute atomic E-state index is 0.0188. The van der Waals surface area contributed by atoms with E-state index in [0.717, 1.165) is 24.8 Å². The summed E-state index contributed by atoms with van der Waals surface area (Å²) in [6, 6.07) is 4.44. The summed E-state index contributed by atoms with van der Waals surface area (Å²) in [6.45, 7) is 6.64. The maximum absolute atomic E-state index is 13.4. The molecule has 0 spiro atoms. The Morgan fingerprint density at radius 1 is 1.25 bits per heavy atom. The normalized spacial score (nSPS) is 20.2. The summed E-state index contributed by atoms with van der Waals surface area (Å²) >= 11 is 0. The third-order valence-electron chi connectivity index (χ3n) is 6.23. The van der Waals surface area contributed by atoms with E-state index in [-0.39, 0.29) is 16.8 Å². The van der Waals surface area contributed by atoms with Crippen molar-refractivity contribution < 1.29 is 13.2 Å². The molecule has 6 N–H and O–H groups in total. The molecule has 0 bridgehead atoms. The van der Waals surface area contributed by atoms with Crippen LogP contribution in [0, 0.1) is 11.8 Å². The van der Waals surface area contributed by atoms with Crippen LogP contribution in [0.15, 0.2) is 28.1 Å². The zero-order chi connectivity index (χ0) is 23.3. The second-order valence-corrected chi connectivity index (χ2v) is 10.8. The summed E-state index contributed by atoms with van der Waals surface area (Å²) in [5.41, 5.74) is 12.4. The molecule has 1 aromatic carbocycles. The second-order valence-electron chi connectivity index (χ2n) is 9.11. The number of piperidine rings is 1. The fraction of sp³-hybridized carbons (Fsp3) is 0.636. The fourth-order valence-corrected chi connectivity index (χ4v) is 5.78. The van der Waals surface area contributed by atoms with Gasteiger partial charge >= 0.3 is 0 Å². The molecule has 2 heterocycles. The van der Waals surface area contributed by atoms with Gasteiger partial charge in [-0.05, 0) is 55.6 Å². The predicted octanol–water partition coefficient (Wildman–Crippen LogP) is 1.25. The summed E-state index contributed by atoms with van der Waals surface area (Å²) in [4.78, 5) is 19.2. The van der Waals surface area contributed by atoms with Crippen molar-refractivity contribution in [3.8, 4) is 0 Å². The van der Waals surface area contributed by atoms with Gasteiger partial charge in [0.15, 0.2) is 5.96 Å². The van der Waals surface area contributed by atoms with Crippen LogP contribution in [0.1, 0.15) is 45.1 Å². The van der Waals surface area contributed by atoms with Gasteiger partial charge in [0.25, 0.3) is 0 Å². The van der Waals surface area contributed by atoms with Crippen LogP contribution in [0.3, 0.4) is 0 Å². The van der Waals surface area contributed by atoms with E-state index in [1.165, 1.54) is 0 Å². The standard InChI is InChI=1S/C22H36N6O3S/c1-15-8-11-28(12-9-15)21(29)18(6-4-10-25-22(23)24)27-32(30,31)19-7-3-5-17-13-16(2)14-26-20(17)19/h3,5,7,15-16,18,26-27H,4,6,8-14H2,1-2H3,(H4,23,24,25). The van der Waals surface area contributed by atoms with Gasteiger partial charge in [0, 0.05) is 26.2 Å². The number of carbonyl (C=O) groups excluding carboxylic acids is 1. The summed E-state index contributed by atoms with van der Waals surface area (Å²) in [5.74, 6) is 0.798. The minimum atomic E-state index is -3.91. The minimum Gasteiger partial charge on any atom is -0.383 e. The molecule has 32 heavy (non-hydrogen) atoms. The number of aliphatic imine (C=N–C) groups is 1. The second kappa shape index (κ2) is 10.5. The van der Waals surface area contributed by atoms with Gasteiger partial charge in [-0.1, -0.05) is 26.0 Å². The molecule has 0 aromatic heterocycles. The van der Waals surface area contributed by atoms with Crippen molar-refractivity contribution in [2.45, 2.75) is 56.9 Å². The first-order valence-electron chi connectivity index (χ1n) is 11.4. The lowest BCUT2D eigenvalue weighted by molar-refractivity contribution is -0.134. The van der Waals surface area contributed by atoms with E-state index in [1.54, 1.807) is 17.0 Å². The van der Waals surface area contributed by atoms with Gasteiger partial charge in [-0.3, -0.25) is 9.79 Å². The van der Waals surface area contributed by atoms with E-state index in [2.05, 4.69) is 28.9 Å². The largest absolute Gasteiger partial charge is 0.383 e. The maximum Gasteiger partial charge on any atom is 0.243 e. The quantitative estimate of drug-likeness (QED) is 0.259. The van der Waals surface area contributed by atoms with Gasteiger partial charge in [-0.2, -0.15) is 4.72 Å². The van der Waals surface area contributed by atoms with E-state index in [0.29, 0.717) is 56.5 Å². The van der Waals surface area contributed by atoms with Gasteiger partial charge in [-0.25, -0.2) is 8.42 Å².